The summed E-state index contributed by atoms with van der Waals surface area (Å²) in [5.74, 6) is 0. The van der Waals surface area contributed by atoms with E-state index >= 15 is 0 Å². The predicted molar refractivity (Wildman–Crippen MR) is 64.6 cm³/mol. The molecule has 0 aliphatic rings. The van der Waals surface area contributed by atoms with E-state index < -0.39 is 15.9 Å². The van der Waals surface area contributed by atoms with Gasteiger partial charge in [0.2, 0.25) is 0 Å². The van der Waals surface area contributed by atoms with Crippen molar-refractivity contribution in [2.75, 3.05) is 4.72 Å². The van der Waals surface area contributed by atoms with Gasteiger partial charge < -0.3 is 4.72 Å². The number of hydrogen-bond acceptors (Lipinski definition) is 3. The first kappa shape index (κ1) is 12.6. The van der Waals surface area contributed by atoms with Crippen LogP contribution in [0.3, 0.4) is 0 Å². The van der Waals surface area contributed by atoms with Gasteiger partial charge in [-0.1, -0.05) is 0 Å². The molecule has 0 radical (unpaired) electrons. The highest BCUT2D eigenvalue weighted by Crippen LogP contribution is 2.19. The van der Waals surface area contributed by atoms with E-state index in [4.69, 9.17) is 0 Å². The van der Waals surface area contributed by atoms with Gasteiger partial charge in [0.05, 0.1) is 9.67 Å². The molecule has 0 aromatic heterocycles. The zero-order chi connectivity index (χ0) is 12.3. The topological polar surface area (TPSA) is 72.2 Å². The quantitative estimate of drug-likeness (QED) is 0.653. The third kappa shape index (κ3) is 3.30. The number of hydrogen-bond donors (Lipinski definition) is 1. The zero-order valence-electron chi connectivity index (χ0n) is 9.39. The Morgan fingerprint density at radius 1 is 1.25 bits per heavy atom. The molecule has 5 nitrogen and oxygen atoms in total. The molecule has 0 amide bonds. The fourth-order valence-electron chi connectivity index (χ4n) is 0.911. The van der Waals surface area contributed by atoms with Crippen molar-refractivity contribution in [1.29, 1.82) is 0 Å². The summed E-state index contributed by atoms with van der Waals surface area (Å²) in [6, 6.07) is 5.84. The highest BCUT2D eigenvalue weighted by atomic mass is 32.2. The largest absolute Gasteiger partial charge is 0.305 e. The Morgan fingerprint density at radius 2 is 1.75 bits per heavy atom. The summed E-state index contributed by atoms with van der Waals surface area (Å²) >= 11 is 0. The number of nitrogens with zero attached hydrogens (tertiary/aromatic N) is 1. The molecule has 6 heteroatoms. The molecule has 1 N–H and O–H groups in total. The summed E-state index contributed by atoms with van der Waals surface area (Å²) in [7, 11) is -1.23. The van der Waals surface area contributed by atoms with E-state index in [1.54, 1.807) is 12.1 Å². The lowest BCUT2D eigenvalue weighted by atomic mass is 10.3. The fraction of sp³-hybridized carbons (Fsp3) is 0.400. The summed E-state index contributed by atoms with van der Waals surface area (Å²) in [6.45, 7) is 5.55. The molecule has 16 heavy (non-hydrogen) atoms. The van der Waals surface area contributed by atoms with Crippen LogP contribution in [-0.2, 0) is 11.0 Å². The van der Waals surface area contributed by atoms with Gasteiger partial charge in [-0.25, -0.2) is 4.21 Å². The van der Waals surface area contributed by atoms with Crippen molar-refractivity contribution in [3.8, 4) is 0 Å². The van der Waals surface area contributed by atoms with Crippen molar-refractivity contribution >= 4 is 22.4 Å². The van der Waals surface area contributed by atoms with Crippen molar-refractivity contribution in [3.05, 3.63) is 34.4 Å². The van der Waals surface area contributed by atoms with Gasteiger partial charge in [-0.2, -0.15) is 0 Å². The summed E-state index contributed by atoms with van der Waals surface area (Å²) in [6.07, 6.45) is 0. The van der Waals surface area contributed by atoms with E-state index in [1.807, 2.05) is 20.8 Å². The van der Waals surface area contributed by atoms with Gasteiger partial charge in [0.1, 0.15) is 11.0 Å². The molecule has 0 saturated heterocycles. The maximum absolute atomic E-state index is 11.7. The summed E-state index contributed by atoms with van der Waals surface area (Å²) in [4.78, 5) is 9.95. The molecule has 0 aliphatic carbocycles. The number of non-ortho nitro benzene ring substituents is 1. The van der Waals surface area contributed by atoms with E-state index in [2.05, 4.69) is 4.72 Å². The molecule has 0 saturated carbocycles. The predicted octanol–water partition coefficient (Wildman–Crippen LogP) is 2.47. The maximum Gasteiger partial charge on any atom is 0.269 e. The van der Waals surface area contributed by atoms with Crippen LogP contribution in [0.5, 0.6) is 0 Å². The molecular formula is C10H14N2O3S. The zero-order valence-corrected chi connectivity index (χ0v) is 10.2. The Balaban J connectivity index is 2.77. The smallest absolute Gasteiger partial charge is 0.269 e. The Morgan fingerprint density at radius 3 is 2.12 bits per heavy atom. The molecular weight excluding hydrogens is 228 g/mol. The average molecular weight is 242 g/mol. The molecule has 0 bridgehead atoms. The van der Waals surface area contributed by atoms with Gasteiger partial charge in [-0.15, -0.1) is 0 Å². The van der Waals surface area contributed by atoms with Crippen LogP contribution in [0.4, 0.5) is 11.4 Å². The van der Waals surface area contributed by atoms with Crippen LogP contribution in [0, 0.1) is 10.1 Å². The molecule has 0 aliphatic heterocycles. The highest BCUT2D eigenvalue weighted by molar-refractivity contribution is 7.87. The van der Waals surface area contributed by atoms with Crippen LogP contribution in [0.1, 0.15) is 20.8 Å². The summed E-state index contributed by atoms with van der Waals surface area (Å²) < 4.78 is 14.1. The SMILES string of the molecule is CC(C)(C)S(=O)Nc1ccc([N+](=O)[O-])cc1. The molecule has 88 valence electrons. The number of benzene rings is 1. The summed E-state index contributed by atoms with van der Waals surface area (Å²) in [5.41, 5.74) is 0.631. The van der Waals surface area contributed by atoms with Crippen molar-refractivity contribution in [3.63, 3.8) is 0 Å². The maximum atomic E-state index is 11.7. The second-order valence-electron chi connectivity index (χ2n) is 4.29. The minimum atomic E-state index is -1.23. The lowest BCUT2D eigenvalue weighted by Crippen LogP contribution is -2.27. The van der Waals surface area contributed by atoms with Crippen molar-refractivity contribution in [2.24, 2.45) is 0 Å². The van der Waals surface area contributed by atoms with Crippen LogP contribution in [0.25, 0.3) is 0 Å². The van der Waals surface area contributed by atoms with Gasteiger partial charge >= 0.3 is 0 Å². The Bertz CT molecular complexity index is 409. The standard InChI is InChI=1S/C10H14N2O3S/c1-10(2,3)16(15)11-8-4-6-9(7-5-8)12(13)14/h4-7,11H,1-3H3. The fourth-order valence-corrected chi connectivity index (χ4v) is 1.57. The van der Waals surface area contributed by atoms with Crippen LogP contribution >= 0.6 is 0 Å². The van der Waals surface area contributed by atoms with Crippen molar-refractivity contribution < 1.29 is 9.13 Å². The number of nitro benzene ring substituents is 1. The number of rotatable bonds is 3. The summed E-state index contributed by atoms with van der Waals surface area (Å²) in [5, 5.41) is 10.4. The van der Waals surface area contributed by atoms with Gasteiger partial charge in [0.15, 0.2) is 0 Å². The third-order valence-corrected chi connectivity index (χ3v) is 3.38. The van der Waals surface area contributed by atoms with E-state index in [0.717, 1.165) is 0 Å². The van der Waals surface area contributed by atoms with Crippen LogP contribution in [-0.4, -0.2) is 13.9 Å². The molecule has 1 rings (SSSR count). The molecule has 1 unspecified atom stereocenters. The van der Waals surface area contributed by atoms with E-state index in [0.29, 0.717) is 5.69 Å². The number of nitrogens with one attached hydrogen (secondary N) is 1. The number of anilines is 1. The normalized spacial score (nSPS) is 13.2. The van der Waals surface area contributed by atoms with Crippen molar-refractivity contribution in [1.82, 2.24) is 0 Å². The van der Waals surface area contributed by atoms with E-state index in [-0.39, 0.29) is 10.4 Å². The van der Waals surface area contributed by atoms with Crippen molar-refractivity contribution in [2.45, 2.75) is 25.5 Å². The Kier molecular flexibility index (Phi) is 3.64. The molecule has 1 aromatic rings. The van der Waals surface area contributed by atoms with Gasteiger partial charge in [-0.3, -0.25) is 10.1 Å². The van der Waals surface area contributed by atoms with Crippen LogP contribution in [0.15, 0.2) is 24.3 Å². The molecule has 0 heterocycles. The van der Waals surface area contributed by atoms with E-state index in [9.17, 15) is 14.3 Å². The molecule has 0 spiro atoms. The second-order valence-corrected chi connectivity index (χ2v) is 6.25. The van der Waals surface area contributed by atoms with Gasteiger partial charge in [0, 0.05) is 17.8 Å². The van der Waals surface area contributed by atoms with Gasteiger partial charge in [0.25, 0.3) is 5.69 Å². The van der Waals surface area contributed by atoms with E-state index in [1.165, 1.54) is 12.1 Å². The van der Waals surface area contributed by atoms with Gasteiger partial charge in [-0.05, 0) is 32.9 Å². The average Bonchev–Trinajstić information content (AvgIpc) is 2.17. The Labute approximate surface area is 96.6 Å². The van der Waals surface area contributed by atoms with Crippen LogP contribution < -0.4 is 4.72 Å². The molecule has 1 atom stereocenters. The highest BCUT2D eigenvalue weighted by Gasteiger charge is 2.19. The first-order chi connectivity index (χ1) is 7.30. The lowest BCUT2D eigenvalue weighted by Gasteiger charge is -2.18. The second kappa shape index (κ2) is 4.61. The van der Waals surface area contributed by atoms with Crippen LogP contribution in [0.2, 0.25) is 0 Å². The minimum absolute atomic E-state index is 0.0205. The molecule has 0 fully saturated rings. The molecule has 1 aromatic carbocycles. The monoisotopic (exact) mass is 242 g/mol. The third-order valence-electron chi connectivity index (χ3n) is 1.84. The minimum Gasteiger partial charge on any atom is -0.305 e. The lowest BCUT2D eigenvalue weighted by molar-refractivity contribution is -0.384. The first-order valence-electron chi connectivity index (χ1n) is 4.74. The first-order valence-corrected chi connectivity index (χ1v) is 5.88. The number of nitro groups is 1. The Hall–Kier alpha value is -1.43.